The summed E-state index contributed by atoms with van der Waals surface area (Å²) in [6.45, 7) is 3.42. The quantitative estimate of drug-likeness (QED) is 0.880. The molecule has 0 bridgehead atoms. The summed E-state index contributed by atoms with van der Waals surface area (Å²) in [7, 11) is 0. The minimum absolute atomic E-state index is 0.0291. The molecule has 0 saturated heterocycles. The summed E-state index contributed by atoms with van der Waals surface area (Å²) in [6.07, 6.45) is 0. The van der Waals surface area contributed by atoms with Gasteiger partial charge in [0.05, 0.1) is 9.21 Å². The Morgan fingerprint density at radius 1 is 1.43 bits per heavy atom. The summed E-state index contributed by atoms with van der Waals surface area (Å²) in [5.74, 6) is -1.51. The van der Waals surface area contributed by atoms with Crippen LogP contribution in [-0.4, -0.2) is 28.2 Å². The first-order valence-corrected chi connectivity index (χ1v) is 7.34. The fourth-order valence-corrected chi connectivity index (χ4v) is 2.67. The minimum Gasteiger partial charge on any atom is -0.480 e. The second-order valence-electron chi connectivity index (χ2n) is 4.71. The van der Waals surface area contributed by atoms with Crippen molar-refractivity contribution in [1.82, 2.24) is 10.5 Å². The van der Waals surface area contributed by atoms with Gasteiger partial charge in [0.15, 0.2) is 11.5 Å². The van der Waals surface area contributed by atoms with E-state index < -0.39 is 17.9 Å². The van der Waals surface area contributed by atoms with Gasteiger partial charge in [-0.2, -0.15) is 0 Å². The number of rotatable bonds is 5. The molecule has 0 aliphatic rings. The maximum Gasteiger partial charge on any atom is 0.326 e. The number of carbonyl (C=O) groups is 2. The number of aromatic nitrogens is 1. The van der Waals surface area contributed by atoms with Crippen LogP contribution in [-0.2, 0) is 4.79 Å². The summed E-state index contributed by atoms with van der Waals surface area (Å²) in [4.78, 5) is 23.8. The molecule has 0 aliphatic heterocycles. The maximum atomic E-state index is 12.0. The lowest BCUT2D eigenvalue weighted by Crippen LogP contribution is -2.44. The number of thiophene rings is 1. The van der Waals surface area contributed by atoms with Gasteiger partial charge < -0.3 is 14.9 Å². The molecule has 6 nitrogen and oxygen atoms in total. The highest BCUT2D eigenvalue weighted by atomic mass is 35.5. The van der Waals surface area contributed by atoms with E-state index >= 15 is 0 Å². The van der Waals surface area contributed by atoms with Gasteiger partial charge in [0, 0.05) is 6.07 Å². The zero-order valence-corrected chi connectivity index (χ0v) is 12.9. The summed E-state index contributed by atoms with van der Waals surface area (Å²) in [5, 5.41) is 15.1. The number of nitrogens with one attached hydrogen (secondary N) is 1. The summed E-state index contributed by atoms with van der Waals surface area (Å²) < 4.78 is 5.68. The molecule has 8 heteroatoms. The van der Waals surface area contributed by atoms with Crippen LogP contribution >= 0.6 is 22.9 Å². The first kappa shape index (κ1) is 15.5. The molecule has 0 aromatic carbocycles. The van der Waals surface area contributed by atoms with Crippen LogP contribution in [0.5, 0.6) is 0 Å². The predicted octanol–water partition coefficient (Wildman–Crippen LogP) is 2.90. The standard InChI is InChI=1S/C13H13ClN2O4S/c1-6(2)11(13(18)19)15-12(17)7-5-8(20-16-7)9-3-4-10(14)21-9/h3-6,11H,1-2H3,(H,15,17)(H,18,19)/t11-/m0/s1. The van der Waals surface area contributed by atoms with Gasteiger partial charge in [-0.05, 0) is 18.1 Å². The van der Waals surface area contributed by atoms with E-state index in [0.717, 1.165) is 4.88 Å². The molecule has 112 valence electrons. The smallest absolute Gasteiger partial charge is 0.326 e. The third-order valence-corrected chi connectivity index (χ3v) is 4.02. The number of carboxylic acid groups (broad SMARTS) is 1. The molecule has 2 aromatic heterocycles. The van der Waals surface area contributed by atoms with Crippen LogP contribution in [0.3, 0.4) is 0 Å². The molecule has 2 heterocycles. The van der Waals surface area contributed by atoms with E-state index in [1.165, 1.54) is 17.4 Å². The van der Waals surface area contributed by atoms with E-state index in [1.54, 1.807) is 26.0 Å². The molecule has 21 heavy (non-hydrogen) atoms. The van der Waals surface area contributed by atoms with Crippen molar-refractivity contribution in [3.8, 4) is 10.6 Å². The highest BCUT2D eigenvalue weighted by Gasteiger charge is 2.25. The van der Waals surface area contributed by atoms with Crippen molar-refractivity contribution >= 4 is 34.8 Å². The molecule has 0 unspecified atom stereocenters. The molecule has 0 spiro atoms. The van der Waals surface area contributed by atoms with E-state index in [1.807, 2.05) is 0 Å². The second-order valence-corrected chi connectivity index (χ2v) is 6.43. The number of nitrogens with zero attached hydrogens (tertiary/aromatic N) is 1. The van der Waals surface area contributed by atoms with Gasteiger partial charge in [-0.25, -0.2) is 4.79 Å². The Hall–Kier alpha value is -1.86. The highest BCUT2D eigenvalue weighted by molar-refractivity contribution is 7.19. The number of carbonyl (C=O) groups excluding carboxylic acids is 1. The molecule has 2 N–H and O–H groups in total. The normalized spacial score (nSPS) is 12.4. The third-order valence-electron chi connectivity index (χ3n) is 2.78. The number of amides is 1. The molecule has 2 rings (SSSR count). The van der Waals surface area contributed by atoms with Crippen molar-refractivity contribution in [2.24, 2.45) is 5.92 Å². The lowest BCUT2D eigenvalue weighted by Gasteiger charge is -2.16. The van der Waals surface area contributed by atoms with Crippen molar-refractivity contribution in [3.05, 3.63) is 28.2 Å². The van der Waals surface area contributed by atoms with E-state index in [9.17, 15) is 9.59 Å². The molecule has 0 fully saturated rings. The minimum atomic E-state index is -1.09. The Labute approximate surface area is 129 Å². The average Bonchev–Trinajstić information content (AvgIpc) is 3.03. The van der Waals surface area contributed by atoms with Crippen LogP contribution in [0.25, 0.3) is 10.6 Å². The van der Waals surface area contributed by atoms with Gasteiger partial charge in [0.2, 0.25) is 0 Å². The Morgan fingerprint density at radius 3 is 2.67 bits per heavy atom. The van der Waals surface area contributed by atoms with E-state index in [0.29, 0.717) is 10.1 Å². The van der Waals surface area contributed by atoms with Gasteiger partial charge in [0.25, 0.3) is 5.91 Å². The van der Waals surface area contributed by atoms with Gasteiger partial charge in [-0.1, -0.05) is 30.6 Å². The fraction of sp³-hybridized carbons (Fsp3) is 0.308. The van der Waals surface area contributed by atoms with Gasteiger partial charge >= 0.3 is 5.97 Å². The molecule has 2 aromatic rings. The average molecular weight is 329 g/mol. The largest absolute Gasteiger partial charge is 0.480 e. The van der Waals surface area contributed by atoms with Crippen LogP contribution < -0.4 is 5.32 Å². The van der Waals surface area contributed by atoms with Crippen molar-refractivity contribution in [3.63, 3.8) is 0 Å². The highest BCUT2D eigenvalue weighted by Crippen LogP contribution is 2.31. The van der Waals surface area contributed by atoms with Crippen molar-refractivity contribution in [1.29, 1.82) is 0 Å². The Kier molecular flexibility index (Phi) is 4.64. The third kappa shape index (κ3) is 3.62. The number of hydrogen-bond acceptors (Lipinski definition) is 5. The van der Waals surface area contributed by atoms with Crippen LogP contribution in [0.1, 0.15) is 24.3 Å². The topological polar surface area (TPSA) is 92.4 Å². The monoisotopic (exact) mass is 328 g/mol. The van der Waals surface area contributed by atoms with Crippen LogP contribution in [0.4, 0.5) is 0 Å². The van der Waals surface area contributed by atoms with Gasteiger partial charge in [-0.3, -0.25) is 4.79 Å². The molecule has 1 amide bonds. The van der Waals surface area contributed by atoms with E-state index in [4.69, 9.17) is 21.2 Å². The Bertz CT molecular complexity index is 665. The van der Waals surface area contributed by atoms with E-state index in [2.05, 4.69) is 10.5 Å². The second kappa shape index (κ2) is 6.28. The summed E-state index contributed by atoms with van der Waals surface area (Å²) >= 11 is 7.13. The molecular formula is C13H13ClN2O4S. The number of carboxylic acids is 1. The van der Waals surface area contributed by atoms with Crippen LogP contribution in [0.15, 0.2) is 22.7 Å². The summed E-state index contributed by atoms with van der Waals surface area (Å²) in [5.41, 5.74) is 0.0291. The Morgan fingerprint density at radius 2 is 2.14 bits per heavy atom. The van der Waals surface area contributed by atoms with Crippen molar-refractivity contribution in [2.75, 3.05) is 0 Å². The maximum absolute atomic E-state index is 12.0. The predicted molar refractivity (Wildman–Crippen MR) is 78.6 cm³/mol. The number of halogens is 1. The molecule has 1 atom stereocenters. The first-order valence-electron chi connectivity index (χ1n) is 6.14. The summed E-state index contributed by atoms with van der Waals surface area (Å²) in [6, 6.07) is 3.94. The zero-order chi connectivity index (χ0) is 15.6. The fourth-order valence-electron chi connectivity index (χ4n) is 1.67. The lowest BCUT2D eigenvalue weighted by atomic mass is 10.0. The van der Waals surface area contributed by atoms with Crippen LogP contribution in [0, 0.1) is 5.92 Å². The SMILES string of the molecule is CC(C)[C@H](NC(=O)c1cc(-c2ccc(Cl)s2)on1)C(=O)O. The van der Waals surface area contributed by atoms with Crippen molar-refractivity contribution in [2.45, 2.75) is 19.9 Å². The molecule has 0 saturated carbocycles. The number of hydrogen-bond donors (Lipinski definition) is 2. The lowest BCUT2D eigenvalue weighted by molar-refractivity contribution is -0.140. The van der Waals surface area contributed by atoms with Gasteiger partial charge in [0.1, 0.15) is 6.04 Å². The van der Waals surface area contributed by atoms with Crippen molar-refractivity contribution < 1.29 is 19.2 Å². The first-order chi connectivity index (χ1) is 9.88. The Balaban J connectivity index is 2.14. The number of aliphatic carboxylic acids is 1. The molecular weight excluding hydrogens is 316 g/mol. The van der Waals surface area contributed by atoms with Crippen LogP contribution in [0.2, 0.25) is 4.34 Å². The molecule has 0 radical (unpaired) electrons. The zero-order valence-electron chi connectivity index (χ0n) is 11.3. The molecule has 0 aliphatic carbocycles. The van der Waals surface area contributed by atoms with Gasteiger partial charge in [-0.15, -0.1) is 11.3 Å². The van der Waals surface area contributed by atoms with E-state index in [-0.39, 0.29) is 11.6 Å².